The standard InChI is InChI=1S/C20H32N4O3/c1-14(2)19-15(5-3-11-27-19)22-18-7-8-21-20(23-18)24-9-12-26-17(13-24)16-6-4-10-25-16/h7-8,14-17,19H,3-6,9-13H2,1-2H3,(H,21,22,23)/t15-,16-,17+,19-/m0/s1. The van der Waals surface area contributed by atoms with Gasteiger partial charge in [0.1, 0.15) is 11.9 Å². The summed E-state index contributed by atoms with van der Waals surface area (Å²) in [6.45, 7) is 8.43. The van der Waals surface area contributed by atoms with E-state index in [2.05, 4.69) is 29.0 Å². The average molecular weight is 377 g/mol. The van der Waals surface area contributed by atoms with Crippen molar-refractivity contribution in [3.63, 3.8) is 0 Å². The van der Waals surface area contributed by atoms with Gasteiger partial charge in [-0.1, -0.05) is 13.8 Å². The summed E-state index contributed by atoms with van der Waals surface area (Å²) >= 11 is 0. The second-order valence-electron chi connectivity index (χ2n) is 8.12. The SMILES string of the molecule is CC(C)[C@@H]1OCCC[C@@H]1Nc1ccnc(N2CCO[C@@H]([C@@H]3CCCO3)C2)n1. The molecule has 4 heterocycles. The highest BCUT2D eigenvalue weighted by molar-refractivity contribution is 5.42. The van der Waals surface area contributed by atoms with Crippen molar-refractivity contribution < 1.29 is 14.2 Å². The van der Waals surface area contributed by atoms with Gasteiger partial charge in [-0.05, 0) is 37.7 Å². The van der Waals surface area contributed by atoms with Gasteiger partial charge in [-0.3, -0.25) is 0 Å². The highest BCUT2D eigenvalue weighted by Crippen LogP contribution is 2.25. The number of nitrogens with one attached hydrogen (secondary N) is 1. The molecule has 1 aromatic heterocycles. The number of ether oxygens (including phenoxy) is 3. The zero-order valence-electron chi connectivity index (χ0n) is 16.5. The first-order valence-corrected chi connectivity index (χ1v) is 10.4. The summed E-state index contributed by atoms with van der Waals surface area (Å²) in [6.07, 6.45) is 6.80. The predicted octanol–water partition coefficient (Wildman–Crippen LogP) is 2.48. The first-order valence-electron chi connectivity index (χ1n) is 10.4. The fraction of sp³-hybridized carbons (Fsp3) is 0.800. The molecule has 0 aliphatic carbocycles. The van der Waals surface area contributed by atoms with Crippen LogP contribution in [0.15, 0.2) is 12.3 Å². The Hall–Kier alpha value is -1.44. The van der Waals surface area contributed by atoms with Crippen LogP contribution in [0.4, 0.5) is 11.8 Å². The van der Waals surface area contributed by atoms with Crippen molar-refractivity contribution in [1.29, 1.82) is 0 Å². The van der Waals surface area contributed by atoms with Gasteiger partial charge in [0, 0.05) is 32.5 Å². The molecule has 7 nitrogen and oxygen atoms in total. The van der Waals surface area contributed by atoms with E-state index in [1.54, 1.807) is 0 Å². The Bertz CT molecular complexity index is 609. The molecule has 0 bridgehead atoms. The number of morpholine rings is 1. The maximum atomic E-state index is 6.00. The van der Waals surface area contributed by atoms with E-state index in [-0.39, 0.29) is 18.3 Å². The lowest BCUT2D eigenvalue weighted by molar-refractivity contribution is -0.0545. The highest BCUT2D eigenvalue weighted by Gasteiger charge is 2.32. The Morgan fingerprint density at radius 2 is 1.89 bits per heavy atom. The molecular formula is C20H32N4O3. The Labute approximate surface area is 161 Å². The summed E-state index contributed by atoms with van der Waals surface area (Å²) in [5.41, 5.74) is 0. The fourth-order valence-electron chi connectivity index (χ4n) is 4.36. The van der Waals surface area contributed by atoms with Crippen LogP contribution in [0.25, 0.3) is 0 Å². The number of anilines is 2. The van der Waals surface area contributed by atoms with Gasteiger partial charge < -0.3 is 24.4 Å². The van der Waals surface area contributed by atoms with Gasteiger partial charge >= 0.3 is 0 Å². The topological polar surface area (TPSA) is 68.7 Å². The molecule has 7 heteroatoms. The van der Waals surface area contributed by atoms with E-state index in [0.29, 0.717) is 18.6 Å². The van der Waals surface area contributed by atoms with Crippen LogP contribution in [-0.2, 0) is 14.2 Å². The Kier molecular flexibility index (Phi) is 6.10. The van der Waals surface area contributed by atoms with Crippen LogP contribution in [0.1, 0.15) is 39.5 Å². The van der Waals surface area contributed by atoms with Crippen molar-refractivity contribution in [2.75, 3.05) is 43.1 Å². The summed E-state index contributed by atoms with van der Waals surface area (Å²) in [5.74, 6) is 2.13. The lowest BCUT2D eigenvalue weighted by atomic mass is 9.94. The molecular weight excluding hydrogens is 344 g/mol. The third-order valence-electron chi connectivity index (χ3n) is 5.76. The Morgan fingerprint density at radius 1 is 1.07 bits per heavy atom. The van der Waals surface area contributed by atoms with Crippen molar-refractivity contribution in [3.8, 4) is 0 Å². The predicted molar refractivity (Wildman–Crippen MR) is 104 cm³/mol. The summed E-state index contributed by atoms with van der Waals surface area (Å²) in [6, 6.07) is 2.25. The molecule has 4 atom stereocenters. The van der Waals surface area contributed by atoms with Crippen LogP contribution in [0.3, 0.4) is 0 Å². The van der Waals surface area contributed by atoms with Gasteiger partial charge in [0.2, 0.25) is 5.95 Å². The van der Waals surface area contributed by atoms with Crippen LogP contribution in [0, 0.1) is 5.92 Å². The Morgan fingerprint density at radius 3 is 2.70 bits per heavy atom. The third-order valence-corrected chi connectivity index (χ3v) is 5.76. The van der Waals surface area contributed by atoms with E-state index in [0.717, 1.165) is 63.8 Å². The van der Waals surface area contributed by atoms with Gasteiger partial charge in [-0.15, -0.1) is 0 Å². The van der Waals surface area contributed by atoms with Crippen LogP contribution >= 0.6 is 0 Å². The first kappa shape index (κ1) is 18.9. The molecule has 0 spiro atoms. The van der Waals surface area contributed by atoms with Crippen molar-refractivity contribution in [1.82, 2.24) is 9.97 Å². The lowest BCUT2D eigenvalue weighted by Gasteiger charge is -2.36. The van der Waals surface area contributed by atoms with Gasteiger partial charge in [0.05, 0.1) is 24.9 Å². The second kappa shape index (κ2) is 8.71. The minimum Gasteiger partial charge on any atom is -0.376 e. The first-order chi connectivity index (χ1) is 13.2. The maximum Gasteiger partial charge on any atom is 0.227 e. The molecule has 0 aromatic carbocycles. The zero-order valence-corrected chi connectivity index (χ0v) is 16.5. The second-order valence-corrected chi connectivity index (χ2v) is 8.12. The molecule has 1 aromatic rings. The average Bonchev–Trinajstić information content (AvgIpc) is 3.23. The van der Waals surface area contributed by atoms with Crippen LogP contribution in [-0.4, -0.2) is 67.2 Å². The number of hydrogen-bond donors (Lipinski definition) is 1. The number of aromatic nitrogens is 2. The maximum absolute atomic E-state index is 6.00. The van der Waals surface area contributed by atoms with E-state index in [1.807, 2.05) is 12.3 Å². The monoisotopic (exact) mass is 376 g/mol. The Balaban J connectivity index is 1.42. The largest absolute Gasteiger partial charge is 0.376 e. The van der Waals surface area contributed by atoms with Crippen molar-refractivity contribution in [2.24, 2.45) is 5.92 Å². The van der Waals surface area contributed by atoms with E-state index < -0.39 is 0 Å². The van der Waals surface area contributed by atoms with Gasteiger partial charge in [0.25, 0.3) is 0 Å². The molecule has 1 N–H and O–H groups in total. The molecule has 0 unspecified atom stereocenters. The van der Waals surface area contributed by atoms with E-state index >= 15 is 0 Å². The fourth-order valence-corrected chi connectivity index (χ4v) is 4.36. The molecule has 0 saturated carbocycles. The molecule has 3 fully saturated rings. The van der Waals surface area contributed by atoms with Crippen LogP contribution in [0.5, 0.6) is 0 Å². The van der Waals surface area contributed by atoms with E-state index in [4.69, 9.17) is 19.2 Å². The zero-order chi connectivity index (χ0) is 18.6. The van der Waals surface area contributed by atoms with E-state index in [9.17, 15) is 0 Å². The highest BCUT2D eigenvalue weighted by atomic mass is 16.5. The number of rotatable bonds is 5. The van der Waals surface area contributed by atoms with Crippen LogP contribution < -0.4 is 10.2 Å². The molecule has 3 aliphatic heterocycles. The molecule has 3 aliphatic rings. The molecule has 27 heavy (non-hydrogen) atoms. The molecule has 0 radical (unpaired) electrons. The minimum absolute atomic E-state index is 0.110. The van der Waals surface area contributed by atoms with Gasteiger partial charge in [0.15, 0.2) is 0 Å². The molecule has 4 rings (SSSR count). The summed E-state index contributed by atoms with van der Waals surface area (Å²) < 4.78 is 17.8. The molecule has 0 amide bonds. The summed E-state index contributed by atoms with van der Waals surface area (Å²) in [4.78, 5) is 11.5. The molecule has 3 saturated heterocycles. The minimum atomic E-state index is 0.110. The van der Waals surface area contributed by atoms with Crippen LogP contribution in [0.2, 0.25) is 0 Å². The van der Waals surface area contributed by atoms with Crippen molar-refractivity contribution in [2.45, 2.75) is 63.9 Å². The normalized spacial score (nSPS) is 32.0. The quantitative estimate of drug-likeness (QED) is 0.847. The van der Waals surface area contributed by atoms with E-state index in [1.165, 1.54) is 0 Å². The third kappa shape index (κ3) is 4.52. The number of nitrogens with zero attached hydrogens (tertiary/aromatic N) is 3. The molecule has 150 valence electrons. The summed E-state index contributed by atoms with van der Waals surface area (Å²) in [5, 5.41) is 3.60. The smallest absolute Gasteiger partial charge is 0.227 e. The summed E-state index contributed by atoms with van der Waals surface area (Å²) in [7, 11) is 0. The van der Waals surface area contributed by atoms with Gasteiger partial charge in [-0.2, -0.15) is 4.98 Å². The lowest BCUT2D eigenvalue weighted by Crippen LogP contribution is -2.48. The van der Waals surface area contributed by atoms with Crippen molar-refractivity contribution >= 4 is 11.8 Å². The number of hydrogen-bond acceptors (Lipinski definition) is 7. The van der Waals surface area contributed by atoms with Crippen molar-refractivity contribution in [3.05, 3.63) is 12.3 Å². The van der Waals surface area contributed by atoms with Gasteiger partial charge in [-0.25, -0.2) is 4.98 Å².